The van der Waals surface area contributed by atoms with Crippen molar-refractivity contribution in [1.29, 1.82) is 0 Å². The van der Waals surface area contributed by atoms with E-state index in [1.165, 1.54) is 22.3 Å². The average molecular weight is 309 g/mol. The summed E-state index contributed by atoms with van der Waals surface area (Å²) in [4.78, 5) is 15.6. The number of halogens is 1. The molecule has 0 aromatic heterocycles. The van der Waals surface area contributed by atoms with Gasteiger partial charge < -0.3 is 4.90 Å². The van der Waals surface area contributed by atoms with Crippen molar-refractivity contribution in [3.8, 4) is 0 Å². The number of amides is 1. The van der Waals surface area contributed by atoms with Crippen LogP contribution in [-0.4, -0.2) is 48.4 Å². The smallest absolute Gasteiger partial charge is 0.219 e. The van der Waals surface area contributed by atoms with Gasteiger partial charge in [0.05, 0.1) is 5.38 Å². The Hall–Kier alpha value is -1.06. The standard InChI is InChI=1S/C17H25ClN2O/c1-12-9-13(2)17(14(3)10-12)16(18)11-19-5-7-20(8-6-19)15(4)21/h9-10,16H,5-8,11H2,1-4H3. The predicted molar refractivity (Wildman–Crippen MR) is 87.9 cm³/mol. The van der Waals surface area contributed by atoms with Crippen LogP contribution in [0, 0.1) is 20.8 Å². The van der Waals surface area contributed by atoms with E-state index in [1.54, 1.807) is 6.92 Å². The molecule has 0 aliphatic carbocycles. The highest BCUT2D eigenvalue weighted by Crippen LogP contribution is 2.29. The Morgan fingerprint density at radius 3 is 2.14 bits per heavy atom. The minimum atomic E-state index is 0.00878. The summed E-state index contributed by atoms with van der Waals surface area (Å²) in [5.74, 6) is 0.169. The number of alkyl halides is 1. The van der Waals surface area contributed by atoms with Gasteiger partial charge in [0, 0.05) is 39.6 Å². The zero-order valence-electron chi connectivity index (χ0n) is 13.4. The molecule has 4 heteroatoms. The van der Waals surface area contributed by atoms with Crippen molar-refractivity contribution in [1.82, 2.24) is 9.80 Å². The number of benzene rings is 1. The predicted octanol–water partition coefficient (Wildman–Crippen LogP) is 3.06. The molecule has 1 unspecified atom stereocenters. The van der Waals surface area contributed by atoms with E-state index in [4.69, 9.17) is 11.6 Å². The van der Waals surface area contributed by atoms with Gasteiger partial charge in [-0.3, -0.25) is 9.69 Å². The van der Waals surface area contributed by atoms with E-state index >= 15 is 0 Å². The fraction of sp³-hybridized carbons (Fsp3) is 0.588. The van der Waals surface area contributed by atoms with E-state index in [2.05, 4.69) is 37.8 Å². The van der Waals surface area contributed by atoms with Crippen molar-refractivity contribution in [3.63, 3.8) is 0 Å². The van der Waals surface area contributed by atoms with Gasteiger partial charge in [-0.15, -0.1) is 11.6 Å². The zero-order chi connectivity index (χ0) is 15.6. The number of rotatable bonds is 3. The molecule has 3 nitrogen and oxygen atoms in total. The molecule has 0 radical (unpaired) electrons. The van der Waals surface area contributed by atoms with E-state index in [-0.39, 0.29) is 11.3 Å². The third-order valence-corrected chi connectivity index (χ3v) is 4.64. The Morgan fingerprint density at radius 2 is 1.67 bits per heavy atom. The van der Waals surface area contributed by atoms with Crippen molar-refractivity contribution in [2.45, 2.75) is 33.1 Å². The van der Waals surface area contributed by atoms with Gasteiger partial charge in [0.15, 0.2) is 0 Å². The number of hydrogen-bond donors (Lipinski definition) is 0. The van der Waals surface area contributed by atoms with Gasteiger partial charge in [-0.1, -0.05) is 17.7 Å². The van der Waals surface area contributed by atoms with Crippen LogP contribution >= 0.6 is 11.6 Å². The quantitative estimate of drug-likeness (QED) is 0.801. The van der Waals surface area contributed by atoms with Gasteiger partial charge in [0.25, 0.3) is 0 Å². The summed E-state index contributed by atoms with van der Waals surface area (Å²) in [5.41, 5.74) is 5.09. The minimum Gasteiger partial charge on any atom is -0.340 e. The van der Waals surface area contributed by atoms with E-state index in [0.29, 0.717) is 0 Å². The summed E-state index contributed by atoms with van der Waals surface area (Å²) in [6.07, 6.45) is 0. The number of nitrogens with zero attached hydrogens (tertiary/aromatic N) is 2. The van der Waals surface area contributed by atoms with Crippen molar-refractivity contribution in [2.24, 2.45) is 0 Å². The Labute approximate surface area is 132 Å². The van der Waals surface area contributed by atoms with E-state index in [9.17, 15) is 4.79 Å². The lowest BCUT2D eigenvalue weighted by molar-refractivity contribution is -0.130. The summed E-state index contributed by atoms with van der Waals surface area (Å²) >= 11 is 6.68. The van der Waals surface area contributed by atoms with Gasteiger partial charge >= 0.3 is 0 Å². The molecule has 1 atom stereocenters. The molecule has 1 fully saturated rings. The first-order chi connectivity index (χ1) is 9.88. The van der Waals surface area contributed by atoms with Crippen LogP contribution in [0.1, 0.15) is 34.6 Å². The molecule has 2 rings (SSSR count). The average Bonchev–Trinajstić information content (AvgIpc) is 2.37. The molecule has 1 amide bonds. The highest BCUT2D eigenvalue weighted by atomic mass is 35.5. The highest BCUT2D eigenvalue weighted by molar-refractivity contribution is 6.21. The van der Waals surface area contributed by atoms with Crippen LogP contribution in [0.3, 0.4) is 0 Å². The van der Waals surface area contributed by atoms with Crippen LogP contribution in [-0.2, 0) is 4.79 Å². The first kappa shape index (κ1) is 16.3. The molecule has 1 aromatic rings. The van der Waals surface area contributed by atoms with Crippen LogP contribution < -0.4 is 0 Å². The second kappa shape index (κ2) is 6.80. The topological polar surface area (TPSA) is 23.6 Å². The van der Waals surface area contributed by atoms with Gasteiger partial charge in [-0.2, -0.15) is 0 Å². The molecule has 0 bridgehead atoms. The van der Waals surface area contributed by atoms with E-state index < -0.39 is 0 Å². The molecule has 1 aliphatic rings. The molecule has 1 saturated heterocycles. The van der Waals surface area contributed by atoms with Crippen molar-refractivity contribution < 1.29 is 4.79 Å². The summed E-state index contributed by atoms with van der Waals surface area (Å²) in [6, 6.07) is 4.40. The Balaban J connectivity index is 2.00. The van der Waals surface area contributed by atoms with Gasteiger partial charge in [-0.25, -0.2) is 0 Å². The maximum Gasteiger partial charge on any atom is 0.219 e. The Bertz CT molecular complexity index is 499. The lowest BCUT2D eigenvalue weighted by Crippen LogP contribution is -2.48. The van der Waals surface area contributed by atoms with Gasteiger partial charge in [0.1, 0.15) is 0 Å². The van der Waals surface area contributed by atoms with Crippen LogP contribution in [0.2, 0.25) is 0 Å². The molecule has 1 aliphatic heterocycles. The molecule has 0 saturated carbocycles. The fourth-order valence-electron chi connectivity index (χ4n) is 3.25. The van der Waals surface area contributed by atoms with Crippen molar-refractivity contribution >= 4 is 17.5 Å². The number of piperazine rings is 1. The minimum absolute atomic E-state index is 0.00878. The van der Waals surface area contributed by atoms with Crippen LogP contribution in [0.15, 0.2) is 12.1 Å². The third kappa shape index (κ3) is 3.98. The van der Waals surface area contributed by atoms with Gasteiger partial charge in [0.2, 0.25) is 5.91 Å². The number of aryl methyl sites for hydroxylation is 3. The first-order valence-electron chi connectivity index (χ1n) is 7.58. The van der Waals surface area contributed by atoms with E-state index in [1.807, 2.05) is 4.90 Å². The summed E-state index contributed by atoms with van der Waals surface area (Å²) in [5, 5.41) is 0.00878. The molecule has 0 N–H and O–H groups in total. The first-order valence-corrected chi connectivity index (χ1v) is 8.02. The molecule has 1 heterocycles. The maximum absolute atomic E-state index is 11.4. The normalized spacial score (nSPS) is 17.9. The van der Waals surface area contributed by atoms with Crippen molar-refractivity contribution in [3.05, 3.63) is 34.4 Å². The second-order valence-corrected chi connectivity index (χ2v) is 6.61. The second-order valence-electron chi connectivity index (χ2n) is 6.09. The summed E-state index contributed by atoms with van der Waals surface area (Å²) in [6.45, 7) is 12.3. The number of carbonyl (C=O) groups is 1. The maximum atomic E-state index is 11.4. The van der Waals surface area contributed by atoms with Crippen LogP contribution in [0.25, 0.3) is 0 Å². The SMILES string of the molecule is CC(=O)N1CCN(CC(Cl)c2c(C)cc(C)cc2C)CC1. The highest BCUT2D eigenvalue weighted by Gasteiger charge is 2.22. The summed E-state index contributed by atoms with van der Waals surface area (Å²) in [7, 11) is 0. The number of hydrogen-bond acceptors (Lipinski definition) is 2. The Morgan fingerprint density at radius 1 is 1.14 bits per heavy atom. The number of carbonyl (C=O) groups excluding carboxylic acids is 1. The third-order valence-electron chi connectivity index (χ3n) is 4.29. The molecule has 1 aromatic carbocycles. The van der Waals surface area contributed by atoms with Crippen LogP contribution in [0.4, 0.5) is 0 Å². The van der Waals surface area contributed by atoms with Crippen molar-refractivity contribution in [2.75, 3.05) is 32.7 Å². The summed E-state index contributed by atoms with van der Waals surface area (Å²) < 4.78 is 0. The zero-order valence-corrected chi connectivity index (χ0v) is 14.2. The fourth-order valence-corrected chi connectivity index (χ4v) is 3.79. The molecule has 21 heavy (non-hydrogen) atoms. The largest absolute Gasteiger partial charge is 0.340 e. The van der Waals surface area contributed by atoms with Crippen LogP contribution in [0.5, 0.6) is 0 Å². The lowest BCUT2D eigenvalue weighted by atomic mass is 9.97. The molecular weight excluding hydrogens is 284 g/mol. The Kier molecular flexibility index (Phi) is 5.28. The van der Waals surface area contributed by atoms with E-state index in [0.717, 1.165) is 32.7 Å². The molecular formula is C17H25ClN2O. The lowest BCUT2D eigenvalue weighted by Gasteiger charge is -2.35. The molecule has 116 valence electrons. The van der Waals surface area contributed by atoms with Gasteiger partial charge in [-0.05, 0) is 37.5 Å². The molecule has 0 spiro atoms. The monoisotopic (exact) mass is 308 g/mol.